The summed E-state index contributed by atoms with van der Waals surface area (Å²) in [4.78, 5) is 11.7. The number of benzene rings is 1. The number of nitriles is 1. The van der Waals surface area contributed by atoms with Gasteiger partial charge in [-0.15, -0.1) is 0 Å². The van der Waals surface area contributed by atoms with Gasteiger partial charge in [-0.2, -0.15) is 5.26 Å². The second kappa shape index (κ2) is 6.66. The maximum atomic E-state index is 11.7. The van der Waals surface area contributed by atoms with Gasteiger partial charge in [0.1, 0.15) is 0 Å². The quantitative estimate of drug-likeness (QED) is 0.798. The fourth-order valence-corrected chi connectivity index (χ4v) is 1.54. The second-order valence-corrected chi connectivity index (χ2v) is 3.87. The molecular weight excluding hydrogens is 214 g/mol. The fraction of sp³-hybridized carbons (Fsp3) is 0.385. The zero-order valence-corrected chi connectivity index (χ0v) is 9.94. The average Bonchev–Trinajstić information content (AvgIpc) is 2.38. The molecule has 0 fully saturated rings. The standard InChI is InChI=1S/C13H17N3O/c1-2-12(8-15)13(17)16-9-11-5-3-4-10(6-11)7-14/h3-6,12H,2,8-9,15H2,1H3,(H,16,17). The number of rotatable bonds is 5. The molecule has 0 aliphatic rings. The van der Waals surface area contributed by atoms with Crippen molar-refractivity contribution in [3.05, 3.63) is 35.4 Å². The zero-order chi connectivity index (χ0) is 12.7. The lowest BCUT2D eigenvalue weighted by Crippen LogP contribution is -2.34. The first-order valence-electron chi connectivity index (χ1n) is 5.68. The summed E-state index contributed by atoms with van der Waals surface area (Å²) in [5, 5.41) is 11.6. The van der Waals surface area contributed by atoms with Crippen LogP contribution >= 0.6 is 0 Å². The number of hydrogen-bond acceptors (Lipinski definition) is 3. The van der Waals surface area contributed by atoms with Crippen LogP contribution in [-0.2, 0) is 11.3 Å². The van der Waals surface area contributed by atoms with Crippen molar-refractivity contribution < 1.29 is 4.79 Å². The summed E-state index contributed by atoms with van der Waals surface area (Å²) >= 11 is 0. The van der Waals surface area contributed by atoms with Crippen LogP contribution in [0.3, 0.4) is 0 Å². The number of hydrogen-bond donors (Lipinski definition) is 2. The third-order valence-corrected chi connectivity index (χ3v) is 2.67. The van der Waals surface area contributed by atoms with E-state index in [1.807, 2.05) is 13.0 Å². The number of nitrogens with zero attached hydrogens (tertiary/aromatic N) is 1. The highest BCUT2D eigenvalue weighted by molar-refractivity contribution is 5.78. The summed E-state index contributed by atoms with van der Waals surface area (Å²) in [6, 6.07) is 9.26. The lowest BCUT2D eigenvalue weighted by Gasteiger charge is -2.12. The van der Waals surface area contributed by atoms with Gasteiger partial charge in [-0.1, -0.05) is 19.1 Å². The molecule has 0 bridgehead atoms. The van der Waals surface area contributed by atoms with Crippen molar-refractivity contribution in [1.29, 1.82) is 5.26 Å². The first-order chi connectivity index (χ1) is 8.21. The maximum Gasteiger partial charge on any atom is 0.224 e. The van der Waals surface area contributed by atoms with Crippen LogP contribution in [0.5, 0.6) is 0 Å². The van der Waals surface area contributed by atoms with E-state index in [1.54, 1.807) is 18.2 Å². The fourth-order valence-electron chi connectivity index (χ4n) is 1.54. The summed E-state index contributed by atoms with van der Waals surface area (Å²) in [7, 11) is 0. The molecule has 17 heavy (non-hydrogen) atoms. The third-order valence-electron chi connectivity index (χ3n) is 2.67. The molecule has 0 radical (unpaired) electrons. The molecule has 1 rings (SSSR count). The average molecular weight is 231 g/mol. The summed E-state index contributed by atoms with van der Waals surface area (Å²) < 4.78 is 0. The molecule has 0 saturated carbocycles. The molecule has 3 N–H and O–H groups in total. The predicted octanol–water partition coefficient (Wildman–Crippen LogP) is 1.16. The van der Waals surface area contributed by atoms with Crippen molar-refractivity contribution in [3.8, 4) is 6.07 Å². The maximum absolute atomic E-state index is 11.7. The Kier molecular flexibility index (Phi) is 5.18. The van der Waals surface area contributed by atoms with Crippen molar-refractivity contribution in [3.63, 3.8) is 0 Å². The van der Waals surface area contributed by atoms with Gasteiger partial charge in [0.2, 0.25) is 5.91 Å². The van der Waals surface area contributed by atoms with E-state index in [2.05, 4.69) is 11.4 Å². The minimum absolute atomic E-state index is 0.0302. The molecule has 0 spiro atoms. The Morgan fingerprint density at radius 3 is 2.94 bits per heavy atom. The van der Waals surface area contributed by atoms with Gasteiger partial charge >= 0.3 is 0 Å². The number of amides is 1. The van der Waals surface area contributed by atoms with Crippen LogP contribution < -0.4 is 11.1 Å². The number of nitrogens with one attached hydrogen (secondary N) is 1. The van der Waals surface area contributed by atoms with Gasteiger partial charge in [-0.25, -0.2) is 0 Å². The lowest BCUT2D eigenvalue weighted by molar-refractivity contribution is -0.124. The largest absolute Gasteiger partial charge is 0.352 e. The van der Waals surface area contributed by atoms with Crippen LogP contribution in [0.4, 0.5) is 0 Å². The van der Waals surface area contributed by atoms with Crippen molar-refractivity contribution in [2.75, 3.05) is 6.54 Å². The Balaban J connectivity index is 2.55. The Hall–Kier alpha value is -1.86. The molecule has 0 aromatic heterocycles. The molecule has 1 aromatic carbocycles. The second-order valence-electron chi connectivity index (χ2n) is 3.87. The van der Waals surface area contributed by atoms with Gasteiger partial charge in [-0.3, -0.25) is 4.79 Å². The highest BCUT2D eigenvalue weighted by Crippen LogP contribution is 2.05. The Labute approximate surface area is 101 Å². The normalized spacial score (nSPS) is 11.6. The number of carbonyl (C=O) groups is 1. The first kappa shape index (κ1) is 13.2. The highest BCUT2D eigenvalue weighted by Gasteiger charge is 2.13. The van der Waals surface area contributed by atoms with E-state index in [0.29, 0.717) is 18.7 Å². The van der Waals surface area contributed by atoms with Crippen LogP contribution in [-0.4, -0.2) is 12.5 Å². The van der Waals surface area contributed by atoms with Gasteiger partial charge < -0.3 is 11.1 Å². The van der Waals surface area contributed by atoms with Crippen LogP contribution in [0.15, 0.2) is 24.3 Å². The van der Waals surface area contributed by atoms with E-state index in [1.165, 1.54) is 0 Å². The molecule has 1 amide bonds. The molecule has 4 heteroatoms. The van der Waals surface area contributed by atoms with E-state index in [0.717, 1.165) is 12.0 Å². The summed E-state index contributed by atoms with van der Waals surface area (Å²) in [5.74, 6) is -0.161. The van der Waals surface area contributed by atoms with Crippen LogP contribution in [0, 0.1) is 17.2 Å². The summed E-state index contributed by atoms with van der Waals surface area (Å²) in [5.41, 5.74) is 7.02. The van der Waals surface area contributed by atoms with Gasteiger partial charge in [0, 0.05) is 19.0 Å². The van der Waals surface area contributed by atoms with E-state index in [4.69, 9.17) is 11.0 Å². The molecule has 90 valence electrons. The molecule has 1 aromatic rings. The van der Waals surface area contributed by atoms with Crippen molar-refractivity contribution in [2.24, 2.45) is 11.7 Å². The molecule has 1 atom stereocenters. The van der Waals surface area contributed by atoms with Crippen molar-refractivity contribution in [1.82, 2.24) is 5.32 Å². The Morgan fingerprint density at radius 1 is 1.59 bits per heavy atom. The molecule has 0 saturated heterocycles. The van der Waals surface area contributed by atoms with Gasteiger partial charge in [0.25, 0.3) is 0 Å². The smallest absolute Gasteiger partial charge is 0.224 e. The number of carbonyl (C=O) groups excluding carboxylic acids is 1. The third kappa shape index (κ3) is 3.89. The van der Waals surface area contributed by atoms with Gasteiger partial charge in [-0.05, 0) is 24.1 Å². The Bertz CT molecular complexity index is 419. The summed E-state index contributed by atoms with van der Waals surface area (Å²) in [6.07, 6.45) is 0.737. The minimum atomic E-state index is -0.130. The monoisotopic (exact) mass is 231 g/mol. The lowest BCUT2D eigenvalue weighted by atomic mass is 10.1. The van der Waals surface area contributed by atoms with Crippen LogP contribution in [0.2, 0.25) is 0 Å². The van der Waals surface area contributed by atoms with Crippen LogP contribution in [0.25, 0.3) is 0 Å². The van der Waals surface area contributed by atoms with E-state index >= 15 is 0 Å². The Morgan fingerprint density at radius 2 is 2.35 bits per heavy atom. The van der Waals surface area contributed by atoms with Crippen LogP contribution in [0.1, 0.15) is 24.5 Å². The SMILES string of the molecule is CCC(CN)C(=O)NCc1cccc(C#N)c1. The van der Waals surface area contributed by atoms with Gasteiger partial charge in [0.15, 0.2) is 0 Å². The predicted molar refractivity (Wildman–Crippen MR) is 65.8 cm³/mol. The van der Waals surface area contributed by atoms with Crippen molar-refractivity contribution in [2.45, 2.75) is 19.9 Å². The summed E-state index contributed by atoms with van der Waals surface area (Å²) in [6.45, 7) is 2.73. The molecule has 4 nitrogen and oxygen atoms in total. The molecular formula is C13H17N3O. The minimum Gasteiger partial charge on any atom is -0.352 e. The molecule has 1 unspecified atom stereocenters. The molecule has 0 aliphatic heterocycles. The van der Waals surface area contributed by atoms with E-state index in [-0.39, 0.29) is 11.8 Å². The van der Waals surface area contributed by atoms with E-state index < -0.39 is 0 Å². The molecule has 0 aliphatic carbocycles. The highest BCUT2D eigenvalue weighted by atomic mass is 16.1. The van der Waals surface area contributed by atoms with Gasteiger partial charge in [0.05, 0.1) is 11.6 Å². The van der Waals surface area contributed by atoms with E-state index in [9.17, 15) is 4.79 Å². The topological polar surface area (TPSA) is 78.9 Å². The number of nitrogens with two attached hydrogens (primary N) is 1. The van der Waals surface area contributed by atoms with Crippen molar-refractivity contribution >= 4 is 5.91 Å². The molecule has 0 heterocycles. The first-order valence-corrected chi connectivity index (χ1v) is 5.68. The zero-order valence-electron chi connectivity index (χ0n) is 9.94.